The van der Waals surface area contributed by atoms with Crippen LogP contribution in [-0.2, 0) is 13.0 Å². The summed E-state index contributed by atoms with van der Waals surface area (Å²) in [6.45, 7) is 3.20. The molecule has 3 aromatic rings. The van der Waals surface area contributed by atoms with Gasteiger partial charge in [-0.05, 0) is 24.5 Å². The Morgan fingerprint density at radius 2 is 1.96 bits per heavy atom. The van der Waals surface area contributed by atoms with E-state index in [-0.39, 0.29) is 11.4 Å². The van der Waals surface area contributed by atoms with E-state index in [9.17, 15) is 14.7 Å². The Morgan fingerprint density at radius 1 is 1.14 bits per heavy atom. The van der Waals surface area contributed by atoms with Crippen LogP contribution in [0, 0.1) is 0 Å². The van der Waals surface area contributed by atoms with Gasteiger partial charge >= 0.3 is 5.69 Å². The van der Waals surface area contributed by atoms with Crippen molar-refractivity contribution in [1.82, 2.24) is 19.9 Å². The summed E-state index contributed by atoms with van der Waals surface area (Å²) in [6.07, 6.45) is 4.76. The molecule has 1 aromatic carbocycles. The standard InChI is InChI=1S/C21H26N4O3/c1-2-3-4-7-12-25-20(27)16(19(26)24-21(25)28)18-17-14(10-11-22-18)13-8-5-6-9-15(13)23-17/h5-6,8-9,18,22-23,27H,2-4,7,10-12H2,1H3,(H,24,26,28)/t18-/m0/s1. The van der Waals surface area contributed by atoms with Crippen LogP contribution in [0.5, 0.6) is 5.88 Å². The first kappa shape index (κ1) is 18.6. The fourth-order valence-corrected chi connectivity index (χ4v) is 4.17. The fraction of sp³-hybridized carbons (Fsp3) is 0.429. The van der Waals surface area contributed by atoms with Crippen molar-refractivity contribution in [3.05, 3.63) is 61.9 Å². The second-order valence-corrected chi connectivity index (χ2v) is 7.41. The molecular formula is C21H26N4O3. The summed E-state index contributed by atoms with van der Waals surface area (Å²) in [4.78, 5) is 30.7. The highest BCUT2D eigenvalue weighted by molar-refractivity contribution is 5.85. The SMILES string of the molecule is CCCCCCn1c(O)c([C@@H]2NCCc3c2[nH]c2ccccc32)c(=O)[nH]c1=O. The van der Waals surface area contributed by atoms with Crippen molar-refractivity contribution >= 4 is 10.9 Å². The number of H-pyrrole nitrogens is 2. The second kappa shape index (κ2) is 7.67. The number of nitrogens with zero attached hydrogens (tertiary/aromatic N) is 1. The van der Waals surface area contributed by atoms with Crippen molar-refractivity contribution in [3.8, 4) is 5.88 Å². The van der Waals surface area contributed by atoms with Gasteiger partial charge < -0.3 is 15.4 Å². The van der Waals surface area contributed by atoms with Gasteiger partial charge in [-0.25, -0.2) is 4.79 Å². The molecule has 4 rings (SSSR count). The highest BCUT2D eigenvalue weighted by Gasteiger charge is 2.30. The van der Waals surface area contributed by atoms with E-state index in [1.54, 1.807) is 0 Å². The molecule has 0 radical (unpaired) electrons. The number of hydrogen-bond donors (Lipinski definition) is 4. The third-order valence-corrected chi connectivity index (χ3v) is 5.59. The Kier molecular flexibility index (Phi) is 5.09. The molecule has 1 aliphatic heterocycles. The van der Waals surface area contributed by atoms with Gasteiger partial charge in [0.1, 0.15) is 5.56 Å². The van der Waals surface area contributed by atoms with Gasteiger partial charge in [0.2, 0.25) is 5.88 Å². The molecule has 2 aromatic heterocycles. The Labute approximate surface area is 162 Å². The van der Waals surface area contributed by atoms with Gasteiger partial charge in [0.05, 0.1) is 6.04 Å². The minimum absolute atomic E-state index is 0.197. The molecule has 28 heavy (non-hydrogen) atoms. The monoisotopic (exact) mass is 382 g/mol. The molecule has 1 aliphatic rings. The van der Waals surface area contributed by atoms with Crippen LogP contribution in [0.2, 0.25) is 0 Å². The maximum absolute atomic E-state index is 12.6. The smallest absolute Gasteiger partial charge is 0.331 e. The second-order valence-electron chi connectivity index (χ2n) is 7.41. The average molecular weight is 382 g/mol. The minimum Gasteiger partial charge on any atom is -0.494 e. The molecule has 7 heteroatoms. The molecule has 0 saturated carbocycles. The summed E-state index contributed by atoms with van der Waals surface area (Å²) < 4.78 is 1.28. The van der Waals surface area contributed by atoms with E-state index in [0.717, 1.165) is 54.3 Å². The lowest BCUT2D eigenvalue weighted by molar-refractivity contribution is 0.376. The maximum Gasteiger partial charge on any atom is 0.331 e. The number of aromatic amines is 2. The van der Waals surface area contributed by atoms with Gasteiger partial charge in [-0.2, -0.15) is 0 Å². The molecule has 0 bridgehead atoms. The number of para-hydroxylation sites is 1. The quantitative estimate of drug-likeness (QED) is 0.492. The minimum atomic E-state index is -0.560. The molecule has 4 N–H and O–H groups in total. The zero-order valence-electron chi connectivity index (χ0n) is 16.0. The van der Waals surface area contributed by atoms with Crippen LogP contribution >= 0.6 is 0 Å². The first-order chi connectivity index (χ1) is 13.6. The third-order valence-electron chi connectivity index (χ3n) is 5.59. The molecule has 1 atom stereocenters. The summed E-state index contributed by atoms with van der Waals surface area (Å²) >= 11 is 0. The third kappa shape index (κ3) is 3.16. The largest absolute Gasteiger partial charge is 0.494 e. The van der Waals surface area contributed by atoms with Crippen LogP contribution < -0.4 is 16.6 Å². The average Bonchev–Trinajstić information content (AvgIpc) is 3.07. The van der Waals surface area contributed by atoms with E-state index < -0.39 is 17.3 Å². The van der Waals surface area contributed by atoms with E-state index in [4.69, 9.17) is 0 Å². The number of hydrogen-bond acceptors (Lipinski definition) is 4. The fourth-order valence-electron chi connectivity index (χ4n) is 4.17. The molecule has 0 aliphatic carbocycles. The number of fused-ring (bicyclic) bond motifs is 3. The number of aromatic hydroxyl groups is 1. The molecular weight excluding hydrogens is 356 g/mol. The van der Waals surface area contributed by atoms with Gasteiger partial charge in [-0.15, -0.1) is 0 Å². The molecule has 0 saturated heterocycles. The zero-order valence-corrected chi connectivity index (χ0v) is 16.0. The summed E-state index contributed by atoms with van der Waals surface area (Å²) in [5.74, 6) is -0.241. The Hall–Kier alpha value is -2.80. The number of rotatable bonds is 6. The highest BCUT2D eigenvalue weighted by Crippen LogP contribution is 2.34. The van der Waals surface area contributed by atoms with E-state index in [1.807, 2.05) is 18.2 Å². The number of unbranched alkanes of at least 4 members (excludes halogenated alkanes) is 3. The summed E-state index contributed by atoms with van der Waals surface area (Å²) in [5.41, 5.74) is 2.13. The predicted molar refractivity (Wildman–Crippen MR) is 109 cm³/mol. The topological polar surface area (TPSA) is 103 Å². The van der Waals surface area contributed by atoms with Crippen molar-refractivity contribution in [2.24, 2.45) is 0 Å². The van der Waals surface area contributed by atoms with Gasteiger partial charge in [0.15, 0.2) is 0 Å². The molecule has 7 nitrogen and oxygen atoms in total. The van der Waals surface area contributed by atoms with Gasteiger partial charge in [-0.1, -0.05) is 44.4 Å². The van der Waals surface area contributed by atoms with Crippen LogP contribution in [0.3, 0.4) is 0 Å². The summed E-state index contributed by atoms with van der Waals surface area (Å²) in [5, 5.41) is 15.3. The molecule has 3 heterocycles. The molecule has 0 amide bonds. The maximum atomic E-state index is 12.6. The first-order valence-electron chi connectivity index (χ1n) is 10.0. The molecule has 148 valence electrons. The summed E-state index contributed by atoms with van der Waals surface area (Å²) in [7, 11) is 0. The van der Waals surface area contributed by atoms with E-state index in [2.05, 4.69) is 28.3 Å². The molecule has 0 spiro atoms. The lowest BCUT2D eigenvalue weighted by Gasteiger charge is -2.25. The normalized spacial score (nSPS) is 16.4. The number of aromatic nitrogens is 3. The van der Waals surface area contributed by atoms with Crippen molar-refractivity contribution in [3.63, 3.8) is 0 Å². The Morgan fingerprint density at radius 3 is 2.79 bits per heavy atom. The van der Waals surface area contributed by atoms with E-state index >= 15 is 0 Å². The van der Waals surface area contributed by atoms with Crippen LogP contribution in [0.25, 0.3) is 10.9 Å². The summed E-state index contributed by atoms with van der Waals surface area (Å²) in [6, 6.07) is 7.54. The van der Waals surface area contributed by atoms with Crippen molar-refractivity contribution in [2.45, 2.75) is 51.6 Å². The van der Waals surface area contributed by atoms with Gasteiger partial charge in [0.25, 0.3) is 5.56 Å². The lowest BCUT2D eigenvalue weighted by atomic mass is 9.95. The highest BCUT2D eigenvalue weighted by atomic mass is 16.3. The van der Waals surface area contributed by atoms with Crippen LogP contribution in [-0.4, -0.2) is 26.2 Å². The van der Waals surface area contributed by atoms with Crippen LogP contribution in [0.15, 0.2) is 33.9 Å². The van der Waals surface area contributed by atoms with Crippen LogP contribution in [0.4, 0.5) is 0 Å². The predicted octanol–water partition coefficient (Wildman–Crippen LogP) is 2.54. The first-order valence-corrected chi connectivity index (χ1v) is 10.0. The van der Waals surface area contributed by atoms with Crippen molar-refractivity contribution < 1.29 is 5.11 Å². The Bertz CT molecular complexity index is 1110. The van der Waals surface area contributed by atoms with Crippen molar-refractivity contribution in [1.29, 1.82) is 0 Å². The van der Waals surface area contributed by atoms with Gasteiger partial charge in [0, 0.05) is 29.7 Å². The molecule has 0 fully saturated rings. The number of benzene rings is 1. The van der Waals surface area contributed by atoms with Crippen LogP contribution in [0.1, 0.15) is 55.5 Å². The zero-order chi connectivity index (χ0) is 19.7. The van der Waals surface area contributed by atoms with E-state index in [1.165, 1.54) is 4.57 Å². The lowest BCUT2D eigenvalue weighted by Crippen LogP contribution is -2.39. The van der Waals surface area contributed by atoms with Gasteiger partial charge in [-0.3, -0.25) is 14.3 Å². The number of nitrogens with one attached hydrogen (secondary N) is 3. The molecule has 0 unspecified atom stereocenters. The Balaban J connectivity index is 1.78. The van der Waals surface area contributed by atoms with E-state index in [0.29, 0.717) is 13.1 Å². The van der Waals surface area contributed by atoms with Crippen molar-refractivity contribution in [2.75, 3.05) is 6.54 Å².